The first-order valence-electron chi connectivity index (χ1n) is 11.9. The number of fused-ring (bicyclic) bond motifs is 1. The van der Waals surface area contributed by atoms with Gasteiger partial charge < -0.3 is 14.6 Å². The number of hydrogen-bond donors (Lipinski definition) is 1. The number of anilines is 2. The standard InChI is InChI=1S/C29H30N2O2/c32-29-26-19-11-10-18-25(26)27(28(33-29)30-24-16-8-3-9-17-24)31(20-22-12-4-1-5-13-22)21-23-14-6-2-7-15-23/h1-2,4-7,10-15,18-19,24,30H,3,8-9,16-17,20-21H2. The van der Waals surface area contributed by atoms with Gasteiger partial charge in [0.25, 0.3) is 0 Å². The van der Waals surface area contributed by atoms with Gasteiger partial charge in [-0.2, -0.15) is 0 Å². The Morgan fingerprint density at radius 1 is 0.727 bits per heavy atom. The topological polar surface area (TPSA) is 45.5 Å². The Hall–Kier alpha value is -3.53. The highest BCUT2D eigenvalue weighted by Gasteiger charge is 2.23. The van der Waals surface area contributed by atoms with E-state index in [1.807, 2.05) is 36.4 Å². The zero-order valence-electron chi connectivity index (χ0n) is 18.9. The summed E-state index contributed by atoms with van der Waals surface area (Å²) >= 11 is 0. The van der Waals surface area contributed by atoms with Crippen LogP contribution in [-0.4, -0.2) is 6.04 Å². The maximum Gasteiger partial charge on any atom is 0.345 e. The summed E-state index contributed by atoms with van der Waals surface area (Å²) in [5.41, 5.74) is 3.11. The molecule has 0 aliphatic heterocycles. The van der Waals surface area contributed by atoms with Gasteiger partial charge in [0.05, 0.1) is 5.39 Å². The Bertz CT molecular complexity index is 1200. The first kappa shape index (κ1) is 21.3. The van der Waals surface area contributed by atoms with Crippen LogP contribution in [-0.2, 0) is 13.1 Å². The van der Waals surface area contributed by atoms with Crippen LogP contribution in [0.25, 0.3) is 10.8 Å². The first-order valence-corrected chi connectivity index (χ1v) is 11.9. The van der Waals surface area contributed by atoms with Gasteiger partial charge in [0.15, 0.2) is 0 Å². The normalized spacial score (nSPS) is 14.3. The van der Waals surface area contributed by atoms with E-state index in [1.165, 1.54) is 30.4 Å². The van der Waals surface area contributed by atoms with E-state index in [2.05, 4.69) is 58.7 Å². The molecule has 4 nitrogen and oxygen atoms in total. The molecular weight excluding hydrogens is 408 g/mol. The summed E-state index contributed by atoms with van der Waals surface area (Å²) in [6.45, 7) is 1.43. The van der Waals surface area contributed by atoms with Crippen molar-refractivity contribution in [3.05, 3.63) is 106 Å². The highest BCUT2D eigenvalue weighted by Crippen LogP contribution is 2.36. The average molecular weight is 439 g/mol. The summed E-state index contributed by atoms with van der Waals surface area (Å²) in [5.74, 6) is 0.595. The summed E-state index contributed by atoms with van der Waals surface area (Å²) in [7, 11) is 0. The van der Waals surface area contributed by atoms with E-state index in [0.29, 0.717) is 30.4 Å². The van der Waals surface area contributed by atoms with E-state index in [-0.39, 0.29) is 5.63 Å². The molecule has 0 amide bonds. The number of hydrogen-bond acceptors (Lipinski definition) is 4. The third-order valence-corrected chi connectivity index (χ3v) is 6.50. The molecule has 0 saturated heterocycles. The fourth-order valence-electron chi connectivity index (χ4n) is 4.85. The molecule has 1 N–H and O–H groups in total. The van der Waals surface area contributed by atoms with Gasteiger partial charge in [-0.3, -0.25) is 0 Å². The summed E-state index contributed by atoms with van der Waals surface area (Å²) < 4.78 is 5.97. The predicted molar refractivity (Wildman–Crippen MR) is 136 cm³/mol. The van der Waals surface area contributed by atoms with Crippen LogP contribution in [0, 0.1) is 0 Å². The zero-order valence-corrected chi connectivity index (χ0v) is 18.9. The minimum Gasteiger partial charge on any atom is -0.404 e. The largest absolute Gasteiger partial charge is 0.404 e. The smallest absolute Gasteiger partial charge is 0.345 e. The van der Waals surface area contributed by atoms with Gasteiger partial charge in [0.2, 0.25) is 5.88 Å². The molecule has 1 fully saturated rings. The third-order valence-electron chi connectivity index (χ3n) is 6.50. The molecule has 33 heavy (non-hydrogen) atoms. The Labute approximate surface area is 194 Å². The molecule has 5 rings (SSSR count). The van der Waals surface area contributed by atoms with E-state index in [0.717, 1.165) is 23.9 Å². The highest BCUT2D eigenvalue weighted by atomic mass is 16.4. The summed E-state index contributed by atoms with van der Waals surface area (Å²) in [4.78, 5) is 15.2. The van der Waals surface area contributed by atoms with Gasteiger partial charge in [-0.25, -0.2) is 4.79 Å². The van der Waals surface area contributed by atoms with E-state index < -0.39 is 0 Å². The monoisotopic (exact) mass is 438 g/mol. The maximum absolute atomic E-state index is 12.9. The second-order valence-electron chi connectivity index (χ2n) is 8.92. The average Bonchev–Trinajstić information content (AvgIpc) is 2.86. The molecule has 1 aliphatic rings. The molecule has 1 saturated carbocycles. The Balaban J connectivity index is 1.63. The summed E-state index contributed by atoms with van der Waals surface area (Å²) in [5, 5.41) is 5.17. The van der Waals surface area contributed by atoms with E-state index in [9.17, 15) is 4.79 Å². The lowest BCUT2D eigenvalue weighted by molar-refractivity contribution is 0.444. The quantitative estimate of drug-likeness (QED) is 0.347. The molecule has 4 heteroatoms. The van der Waals surface area contributed by atoms with Crippen LogP contribution < -0.4 is 15.8 Å². The van der Waals surface area contributed by atoms with Gasteiger partial charge in [-0.05, 0) is 30.0 Å². The molecule has 4 aromatic rings. The summed E-state index contributed by atoms with van der Waals surface area (Å²) in [6, 6.07) is 29.1. The van der Waals surface area contributed by atoms with Crippen LogP contribution in [0.4, 0.5) is 11.6 Å². The predicted octanol–water partition coefficient (Wildman–Crippen LogP) is 6.74. The van der Waals surface area contributed by atoms with Gasteiger partial charge in [-0.15, -0.1) is 0 Å². The fraction of sp³-hybridized carbons (Fsp3) is 0.276. The summed E-state index contributed by atoms with van der Waals surface area (Å²) in [6.07, 6.45) is 5.91. The number of nitrogens with zero attached hydrogens (tertiary/aromatic N) is 1. The van der Waals surface area contributed by atoms with E-state index >= 15 is 0 Å². The van der Waals surface area contributed by atoms with Gasteiger partial charge >= 0.3 is 5.63 Å². The molecule has 0 atom stereocenters. The van der Waals surface area contributed by atoms with Crippen molar-refractivity contribution < 1.29 is 4.42 Å². The molecule has 0 bridgehead atoms. The molecule has 0 unspecified atom stereocenters. The van der Waals surface area contributed by atoms with Crippen LogP contribution in [0.15, 0.2) is 94.1 Å². The Morgan fingerprint density at radius 3 is 1.88 bits per heavy atom. The highest BCUT2D eigenvalue weighted by molar-refractivity contribution is 5.97. The van der Waals surface area contributed by atoms with Gasteiger partial charge in [0, 0.05) is 24.5 Å². The van der Waals surface area contributed by atoms with Crippen molar-refractivity contribution in [3.63, 3.8) is 0 Å². The second-order valence-corrected chi connectivity index (χ2v) is 8.92. The Kier molecular flexibility index (Phi) is 6.43. The number of rotatable bonds is 7. The van der Waals surface area contributed by atoms with Crippen molar-refractivity contribution >= 4 is 22.3 Å². The second kappa shape index (κ2) is 9.95. The van der Waals surface area contributed by atoms with Crippen LogP contribution in [0.2, 0.25) is 0 Å². The van der Waals surface area contributed by atoms with Crippen molar-refractivity contribution in [2.45, 2.75) is 51.2 Å². The lowest BCUT2D eigenvalue weighted by Crippen LogP contribution is -2.28. The number of benzene rings is 3. The van der Waals surface area contributed by atoms with Crippen molar-refractivity contribution in [1.82, 2.24) is 0 Å². The van der Waals surface area contributed by atoms with Crippen LogP contribution >= 0.6 is 0 Å². The molecule has 1 aliphatic carbocycles. The number of nitrogens with one attached hydrogen (secondary N) is 1. The molecule has 1 aromatic heterocycles. The Morgan fingerprint density at radius 2 is 1.27 bits per heavy atom. The first-order chi connectivity index (χ1) is 16.3. The van der Waals surface area contributed by atoms with Crippen molar-refractivity contribution in [2.75, 3.05) is 10.2 Å². The van der Waals surface area contributed by atoms with Crippen molar-refractivity contribution in [1.29, 1.82) is 0 Å². The molecule has 1 heterocycles. The van der Waals surface area contributed by atoms with Crippen LogP contribution in [0.3, 0.4) is 0 Å². The lowest BCUT2D eigenvalue weighted by atomic mass is 9.95. The molecule has 0 radical (unpaired) electrons. The van der Waals surface area contributed by atoms with E-state index in [1.54, 1.807) is 0 Å². The minimum absolute atomic E-state index is 0.285. The zero-order chi connectivity index (χ0) is 22.5. The fourth-order valence-corrected chi connectivity index (χ4v) is 4.85. The van der Waals surface area contributed by atoms with Crippen LogP contribution in [0.5, 0.6) is 0 Å². The van der Waals surface area contributed by atoms with Crippen LogP contribution in [0.1, 0.15) is 43.2 Å². The van der Waals surface area contributed by atoms with Crippen molar-refractivity contribution in [3.8, 4) is 0 Å². The molecule has 0 spiro atoms. The maximum atomic E-state index is 12.9. The van der Waals surface area contributed by atoms with Gasteiger partial charge in [-0.1, -0.05) is 98.1 Å². The SMILES string of the molecule is O=c1oc(NC2CCCCC2)c(N(Cc2ccccc2)Cc2ccccc2)c2ccccc12. The van der Waals surface area contributed by atoms with Gasteiger partial charge in [0.1, 0.15) is 5.69 Å². The molecular formula is C29H30N2O2. The minimum atomic E-state index is -0.285. The molecule has 3 aromatic carbocycles. The van der Waals surface area contributed by atoms with E-state index in [4.69, 9.17) is 4.42 Å². The molecule has 168 valence electrons. The lowest BCUT2D eigenvalue weighted by Gasteiger charge is -2.30. The van der Waals surface area contributed by atoms with Crippen molar-refractivity contribution in [2.24, 2.45) is 0 Å². The third kappa shape index (κ3) is 4.95.